The maximum Gasteiger partial charge on any atom is 0.257 e. The monoisotopic (exact) mass is 343 g/mol. The Hall–Kier alpha value is -2.91. The molecule has 3 heteroatoms. The highest BCUT2D eigenvalue weighted by molar-refractivity contribution is 5.99. The van der Waals surface area contributed by atoms with Crippen molar-refractivity contribution in [3.8, 4) is 0 Å². The summed E-state index contributed by atoms with van der Waals surface area (Å²) < 4.78 is 0. The molecule has 1 N–H and O–H groups in total. The van der Waals surface area contributed by atoms with E-state index in [9.17, 15) is 9.90 Å². The molecule has 1 heterocycles. The van der Waals surface area contributed by atoms with E-state index in [1.165, 1.54) is 5.56 Å². The third kappa shape index (κ3) is 2.80. The molecular weight excluding hydrogens is 322 g/mol. The summed E-state index contributed by atoms with van der Waals surface area (Å²) in [5.74, 6) is -0.125. The van der Waals surface area contributed by atoms with Crippen molar-refractivity contribution >= 4 is 5.91 Å². The fourth-order valence-corrected chi connectivity index (χ4v) is 3.63. The van der Waals surface area contributed by atoms with Crippen LogP contribution in [0.3, 0.4) is 0 Å². The van der Waals surface area contributed by atoms with Gasteiger partial charge in [-0.15, -0.1) is 0 Å². The molecular formula is C23H21NO2. The molecule has 1 aliphatic rings. The summed E-state index contributed by atoms with van der Waals surface area (Å²) >= 11 is 0. The van der Waals surface area contributed by atoms with Crippen molar-refractivity contribution in [3.63, 3.8) is 0 Å². The molecule has 1 atom stereocenters. The first kappa shape index (κ1) is 16.6. The first-order chi connectivity index (χ1) is 12.6. The highest BCUT2D eigenvalue weighted by Crippen LogP contribution is 2.40. The standard InChI is InChI=1S/C23H21NO2/c1-17-11-13-19(14-12-17)16-24-22(25)20-9-5-6-10-21(20)23(24,26)15-18-7-3-2-4-8-18/h2-14,26H,15-16H2,1H3/t23-/m0/s1. The number of hydrogen-bond donors (Lipinski definition) is 1. The number of nitrogens with zero attached hydrogens (tertiary/aromatic N) is 1. The number of benzene rings is 3. The van der Waals surface area contributed by atoms with Crippen molar-refractivity contribution in [2.24, 2.45) is 0 Å². The summed E-state index contributed by atoms with van der Waals surface area (Å²) in [5.41, 5.74) is 3.08. The van der Waals surface area contributed by atoms with Crippen LogP contribution in [0.25, 0.3) is 0 Å². The predicted molar refractivity (Wildman–Crippen MR) is 102 cm³/mol. The minimum absolute atomic E-state index is 0.125. The van der Waals surface area contributed by atoms with Crippen LogP contribution >= 0.6 is 0 Å². The maximum absolute atomic E-state index is 13.0. The number of aliphatic hydroxyl groups is 1. The number of carbonyl (C=O) groups excluding carboxylic acids is 1. The van der Waals surface area contributed by atoms with Gasteiger partial charge in [0, 0.05) is 24.1 Å². The first-order valence-electron chi connectivity index (χ1n) is 8.81. The molecule has 0 fully saturated rings. The van der Waals surface area contributed by atoms with E-state index >= 15 is 0 Å². The highest BCUT2D eigenvalue weighted by atomic mass is 16.3. The fourth-order valence-electron chi connectivity index (χ4n) is 3.63. The highest BCUT2D eigenvalue weighted by Gasteiger charge is 2.48. The van der Waals surface area contributed by atoms with Gasteiger partial charge in [0.2, 0.25) is 0 Å². The molecule has 1 aliphatic heterocycles. The molecule has 0 unspecified atom stereocenters. The second-order valence-electron chi connectivity index (χ2n) is 6.90. The average Bonchev–Trinajstić information content (AvgIpc) is 2.86. The number of amides is 1. The van der Waals surface area contributed by atoms with Gasteiger partial charge in [-0.05, 0) is 24.1 Å². The summed E-state index contributed by atoms with van der Waals surface area (Å²) in [5, 5.41) is 11.6. The lowest BCUT2D eigenvalue weighted by atomic mass is 9.94. The van der Waals surface area contributed by atoms with Gasteiger partial charge < -0.3 is 10.0 Å². The lowest BCUT2D eigenvalue weighted by Crippen LogP contribution is -2.45. The Balaban J connectivity index is 1.75. The molecule has 0 saturated carbocycles. The molecule has 1 amide bonds. The molecule has 3 nitrogen and oxygen atoms in total. The Morgan fingerprint density at radius 2 is 1.50 bits per heavy atom. The average molecular weight is 343 g/mol. The molecule has 0 saturated heterocycles. The molecule has 26 heavy (non-hydrogen) atoms. The van der Waals surface area contributed by atoms with Crippen LogP contribution in [-0.4, -0.2) is 15.9 Å². The molecule has 4 rings (SSSR count). The van der Waals surface area contributed by atoms with Crippen molar-refractivity contribution < 1.29 is 9.90 Å². The van der Waals surface area contributed by atoms with Crippen LogP contribution in [0.1, 0.15) is 32.6 Å². The molecule has 3 aromatic carbocycles. The summed E-state index contributed by atoms with van der Waals surface area (Å²) in [6, 6.07) is 25.2. The van der Waals surface area contributed by atoms with E-state index in [0.29, 0.717) is 24.1 Å². The topological polar surface area (TPSA) is 40.5 Å². The van der Waals surface area contributed by atoms with Gasteiger partial charge in [0.15, 0.2) is 5.72 Å². The predicted octanol–water partition coefficient (Wildman–Crippen LogP) is 4.04. The number of rotatable bonds is 4. The van der Waals surface area contributed by atoms with Crippen LogP contribution in [-0.2, 0) is 18.7 Å². The van der Waals surface area contributed by atoms with Crippen LogP contribution in [0, 0.1) is 6.92 Å². The van der Waals surface area contributed by atoms with Gasteiger partial charge in [0.25, 0.3) is 5.91 Å². The van der Waals surface area contributed by atoms with Crippen LogP contribution in [0.15, 0.2) is 78.9 Å². The molecule has 0 bridgehead atoms. The molecule has 0 aliphatic carbocycles. The zero-order valence-corrected chi connectivity index (χ0v) is 14.7. The normalized spacial score (nSPS) is 18.8. The minimum atomic E-state index is -1.35. The fraction of sp³-hybridized carbons (Fsp3) is 0.174. The maximum atomic E-state index is 13.0. The lowest BCUT2D eigenvalue weighted by Gasteiger charge is -2.35. The molecule has 3 aromatic rings. The number of aryl methyl sites for hydroxylation is 1. The van der Waals surface area contributed by atoms with E-state index in [1.807, 2.05) is 79.7 Å². The molecule has 0 aromatic heterocycles. The van der Waals surface area contributed by atoms with E-state index in [0.717, 1.165) is 11.1 Å². The zero-order valence-electron chi connectivity index (χ0n) is 14.7. The lowest BCUT2D eigenvalue weighted by molar-refractivity contribution is -0.0878. The SMILES string of the molecule is Cc1ccc(CN2C(=O)c3ccccc3[C@@]2(O)Cc2ccccc2)cc1. The number of hydrogen-bond acceptors (Lipinski definition) is 2. The first-order valence-corrected chi connectivity index (χ1v) is 8.81. The third-order valence-electron chi connectivity index (χ3n) is 5.04. The molecule has 0 radical (unpaired) electrons. The minimum Gasteiger partial charge on any atom is -0.366 e. The van der Waals surface area contributed by atoms with Gasteiger partial charge in [-0.25, -0.2) is 0 Å². The van der Waals surface area contributed by atoms with Gasteiger partial charge in [-0.2, -0.15) is 0 Å². The number of carbonyl (C=O) groups is 1. The molecule has 130 valence electrons. The Labute approximate surface area is 153 Å². The van der Waals surface area contributed by atoms with Crippen LogP contribution < -0.4 is 0 Å². The third-order valence-corrected chi connectivity index (χ3v) is 5.04. The van der Waals surface area contributed by atoms with Crippen molar-refractivity contribution in [1.29, 1.82) is 0 Å². The summed E-state index contributed by atoms with van der Waals surface area (Å²) in [7, 11) is 0. The Kier molecular flexibility index (Phi) is 4.09. The van der Waals surface area contributed by atoms with Crippen LogP contribution in [0.2, 0.25) is 0 Å². The summed E-state index contributed by atoms with van der Waals surface area (Å²) in [6.07, 6.45) is 0.364. The smallest absolute Gasteiger partial charge is 0.257 e. The van der Waals surface area contributed by atoms with Crippen molar-refractivity contribution in [3.05, 3.63) is 107 Å². The van der Waals surface area contributed by atoms with Crippen molar-refractivity contribution in [2.45, 2.75) is 25.6 Å². The van der Waals surface area contributed by atoms with E-state index in [4.69, 9.17) is 0 Å². The molecule has 0 spiro atoms. The Morgan fingerprint density at radius 3 is 2.23 bits per heavy atom. The van der Waals surface area contributed by atoms with Gasteiger partial charge in [-0.3, -0.25) is 4.79 Å². The number of fused-ring (bicyclic) bond motifs is 1. The van der Waals surface area contributed by atoms with Crippen molar-refractivity contribution in [1.82, 2.24) is 4.90 Å². The largest absolute Gasteiger partial charge is 0.366 e. The van der Waals surface area contributed by atoms with E-state index in [-0.39, 0.29) is 5.91 Å². The van der Waals surface area contributed by atoms with Gasteiger partial charge in [0.05, 0.1) is 0 Å². The Bertz CT molecular complexity index is 934. The van der Waals surface area contributed by atoms with Crippen molar-refractivity contribution in [2.75, 3.05) is 0 Å². The zero-order chi connectivity index (χ0) is 18.1. The van der Waals surface area contributed by atoms with Gasteiger partial charge >= 0.3 is 0 Å². The van der Waals surface area contributed by atoms with E-state index < -0.39 is 5.72 Å². The van der Waals surface area contributed by atoms with Crippen LogP contribution in [0.5, 0.6) is 0 Å². The van der Waals surface area contributed by atoms with Crippen LogP contribution in [0.4, 0.5) is 0 Å². The van der Waals surface area contributed by atoms with Gasteiger partial charge in [-0.1, -0.05) is 78.4 Å². The second kappa shape index (κ2) is 6.43. The second-order valence-corrected chi connectivity index (χ2v) is 6.90. The Morgan fingerprint density at radius 1 is 0.846 bits per heavy atom. The summed E-state index contributed by atoms with van der Waals surface area (Å²) in [6.45, 7) is 2.41. The van der Waals surface area contributed by atoms with E-state index in [2.05, 4.69) is 0 Å². The van der Waals surface area contributed by atoms with E-state index in [1.54, 1.807) is 11.0 Å². The van der Waals surface area contributed by atoms with Gasteiger partial charge in [0.1, 0.15) is 0 Å². The summed E-state index contributed by atoms with van der Waals surface area (Å²) in [4.78, 5) is 14.6. The quantitative estimate of drug-likeness (QED) is 0.777.